The van der Waals surface area contributed by atoms with Gasteiger partial charge in [0.1, 0.15) is 5.82 Å². The molecule has 4 N–H and O–H groups in total. The molecule has 116 valence electrons. The van der Waals surface area contributed by atoms with Crippen LogP contribution < -0.4 is 5.73 Å². The molecular formula is C17H24FNO2. The van der Waals surface area contributed by atoms with Crippen LogP contribution >= 0.6 is 0 Å². The molecule has 1 saturated carbocycles. The Morgan fingerprint density at radius 2 is 2.00 bits per heavy atom. The summed E-state index contributed by atoms with van der Waals surface area (Å²) < 4.78 is 13.8. The molecule has 3 nitrogen and oxygen atoms in total. The molecule has 0 saturated heterocycles. The first kappa shape index (κ1) is 16.1. The molecule has 0 spiro atoms. The highest BCUT2D eigenvalue weighted by Crippen LogP contribution is 2.42. The summed E-state index contributed by atoms with van der Waals surface area (Å²) in [4.78, 5) is 0. The van der Waals surface area contributed by atoms with Gasteiger partial charge in [0, 0.05) is 0 Å². The standard InChI is InChI=1S/C17H24FNO2/c1-2-12-10-13(18)11-14(15(20)6-9-19)16(12)17(21)7-4-3-5-8-17/h2,10-11,15,20-21H,1,3-9,19H2. The van der Waals surface area contributed by atoms with Crippen molar-refractivity contribution in [1.29, 1.82) is 0 Å². The zero-order valence-electron chi connectivity index (χ0n) is 12.3. The molecule has 0 aliphatic heterocycles. The van der Waals surface area contributed by atoms with Gasteiger partial charge in [-0.3, -0.25) is 0 Å². The predicted octanol–water partition coefficient (Wildman–Crippen LogP) is 3.00. The average molecular weight is 293 g/mol. The zero-order valence-corrected chi connectivity index (χ0v) is 12.3. The lowest BCUT2D eigenvalue weighted by Gasteiger charge is -2.36. The van der Waals surface area contributed by atoms with E-state index in [-0.39, 0.29) is 0 Å². The van der Waals surface area contributed by atoms with Gasteiger partial charge < -0.3 is 15.9 Å². The minimum atomic E-state index is -1.01. The SMILES string of the molecule is C=Cc1cc(F)cc(C(O)CCN)c1C1(O)CCCCC1. The largest absolute Gasteiger partial charge is 0.388 e. The van der Waals surface area contributed by atoms with Crippen molar-refractivity contribution in [2.24, 2.45) is 5.73 Å². The van der Waals surface area contributed by atoms with Crippen LogP contribution in [0.2, 0.25) is 0 Å². The Labute approximate surface area is 125 Å². The second kappa shape index (κ2) is 6.69. The Bertz CT molecular complexity index is 510. The summed E-state index contributed by atoms with van der Waals surface area (Å²) in [5.41, 5.74) is 6.12. The highest BCUT2D eigenvalue weighted by Gasteiger charge is 2.36. The third kappa shape index (κ3) is 3.34. The molecule has 1 fully saturated rings. The molecule has 0 radical (unpaired) electrons. The second-order valence-corrected chi connectivity index (χ2v) is 5.85. The van der Waals surface area contributed by atoms with Crippen LogP contribution in [-0.4, -0.2) is 16.8 Å². The highest BCUT2D eigenvalue weighted by molar-refractivity contribution is 5.57. The molecule has 0 bridgehead atoms. The third-order valence-corrected chi connectivity index (χ3v) is 4.33. The number of aliphatic hydroxyl groups excluding tert-OH is 1. The first-order chi connectivity index (χ1) is 10.0. The van der Waals surface area contributed by atoms with Gasteiger partial charge in [-0.05, 0) is 54.6 Å². The lowest BCUT2D eigenvalue weighted by Crippen LogP contribution is -2.31. The van der Waals surface area contributed by atoms with E-state index in [9.17, 15) is 14.6 Å². The van der Waals surface area contributed by atoms with Crippen molar-refractivity contribution in [3.63, 3.8) is 0 Å². The van der Waals surface area contributed by atoms with Gasteiger partial charge in [0.25, 0.3) is 0 Å². The molecule has 0 amide bonds. The average Bonchev–Trinajstić information content (AvgIpc) is 2.47. The summed E-state index contributed by atoms with van der Waals surface area (Å²) in [5, 5.41) is 21.3. The van der Waals surface area contributed by atoms with E-state index in [1.54, 1.807) is 6.08 Å². The van der Waals surface area contributed by atoms with Crippen molar-refractivity contribution >= 4 is 6.08 Å². The topological polar surface area (TPSA) is 66.5 Å². The third-order valence-electron chi connectivity index (χ3n) is 4.33. The van der Waals surface area contributed by atoms with Crippen LogP contribution in [0.15, 0.2) is 18.7 Å². The Balaban J connectivity index is 2.57. The minimum absolute atomic E-state index is 0.305. The quantitative estimate of drug-likeness (QED) is 0.782. The number of rotatable bonds is 5. The van der Waals surface area contributed by atoms with E-state index in [0.29, 0.717) is 42.5 Å². The van der Waals surface area contributed by atoms with Gasteiger partial charge in [0.2, 0.25) is 0 Å². The van der Waals surface area contributed by atoms with Crippen molar-refractivity contribution in [1.82, 2.24) is 0 Å². The first-order valence-corrected chi connectivity index (χ1v) is 7.58. The molecular weight excluding hydrogens is 269 g/mol. The monoisotopic (exact) mass is 293 g/mol. The van der Waals surface area contributed by atoms with E-state index in [0.717, 1.165) is 19.3 Å². The van der Waals surface area contributed by atoms with Crippen molar-refractivity contribution in [2.45, 2.75) is 50.2 Å². The number of hydrogen-bond acceptors (Lipinski definition) is 3. The highest BCUT2D eigenvalue weighted by atomic mass is 19.1. The van der Waals surface area contributed by atoms with E-state index in [4.69, 9.17) is 5.73 Å². The maximum Gasteiger partial charge on any atom is 0.124 e. The maximum absolute atomic E-state index is 13.8. The molecule has 1 aliphatic carbocycles. The molecule has 2 rings (SSSR count). The van der Waals surface area contributed by atoms with Crippen LogP contribution in [0.4, 0.5) is 4.39 Å². The van der Waals surface area contributed by atoms with Crippen molar-refractivity contribution in [3.8, 4) is 0 Å². The van der Waals surface area contributed by atoms with Crippen LogP contribution in [-0.2, 0) is 5.60 Å². The van der Waals surface area contributed by atoms with E-state index < -0.39 is 17.5 Å². The Morgan fingerprint density at radius 1 is 1.33 bits per heavy atom. The molecule has 1 aromatic carbocycles. The lowest BCUT2D eigenvalue weighted by molar-refractivity contribution is -0.00393. The van der Waals surface area contributed by atoms with E-state index >= 15 is 0 Å². The van der Waals surface area contributed by atoms with Gasteiger partial charge in [0.05, 0.1) is 11.7 Å². The molecule has 1 unspecified atom stereocenters. The Kier molecular flexibility index (Phi) is 5.14. The Hall–Kier alpha value is -1.23. The molecule has 1 aliphatic rings. The van der Waals surface area contributed by atoms with Crippen molar-refractivity contribution < 1.29 is 14.6 Å². The van der Waals surface area contributed by atoms with Gasteiger partial charge in [-0.15, -0.1) is 0 Å². The molecule has 0 heterocycles. The predicted molar refractivity (Wildman–Crippen MR) is 82.1 cm³/mol. The van der Waals surface area contributed by atoms with E-state index in [1.807, 2.05) is 0 Å². The van der Waals surface area contributed by atoms with Crippen molar-refractivity contribution in [3.05, 3.63) is 41.2 Å². The smallest absolute Gasteiger partial charge is 0.124 e. The molecule has 0 aromatic heterocycles. The number of halogens is 1. The number of hydrogen-bond donors (Lipinski definition) is 3. The summed E-state index contributed by atoms with van der Waals surface area (Å²) in [5.74, 6) is -0.431. The second-order valence-electron chi connectivity index (χ2n) is 5.85. The number of aliphatic hydroxyl groups is 2. The lowest BCUT2D eigenvalue weighted by atomic mass is 9.75. The van der Waals surface area contributed by atoms with Gasteiger partial charge in [-0.2, -0.15) is 0 Å². The van der Waals surface area contributed by atoms with E-state index in [2.05, 4.69) is 6.58 Å². The fourth-order valence-corrected chi connectivity index (χ4v) is 3.31. The van der Waals surface area contributed by atoms with Gasteiger partial charge in [-0.25, -0.2) is 4.39 Å². The number of nitrogens with two attached hydrogens (primary N) is 1. The summed E-state index contributed by atoms with van der Waals surface area (Å²) >= 11 is 0. The van der Waals surface area contributed by atoms with Gasteiger partial charge in [0.15, 0.2) is 0 Å². The zero-order chi connectivity index (χ0) is 15.5. The summed E-state index contributed by atoms with van der Waals surface area (Å²) in [7, 11) is 0. The fourth-order valence-electron chi connectivity index (χ4n) is 3.31. The van der Waals surface area contributed by atoms with Gasteiger partial charge in [-0.1, -0.05) is 31.9 Å². The van der Waals surface area contributed by atoms with Crippen LogP contribution in [0.3, 0.4) is 0 Å². The summed E-state index contributed by atoms with van der Waals surface area (Å²) in [6, 6.07) is 2.68. The molecule has 1 aromatic rings. The van der Waals surface area contributed by atoms with Crippen LogP contribution in [0.1, 0.15) is 61.3 Å². The van der Waals surface area contributed by atoms with Crippen LogP contribution in [0.5, 0.6) is 0 Å². The molecule has 4 heteroatoms. The van der Waals surface area contributed by atoms with Gasteiger partial charge >= 0.3 is 0 Å². The summed E-state index contributed by atoms with van der Waals surface area (Å²) in [6.45, 7) is 4.03. The Morgan fingerprint density at radius 3 is 2.57 bits per heavy atom. The number of benzene rings is 1. The minimum Gasteiger partial charge on any atom is -0.388 e. The first-order valence-electron chi connectivity index (χ1n) is 7.58. The van der Waals surface area contributed by atoms with Crippen LogP contribution in [0.25, 0.3) is 6.08 Å². The normalized spacial score (nSPS) is 19.2. The fraction of sp³-hybridized carbons (Fsp3) is 0.529. The summed E-state index contributed by atoms with van der Waals surface area (Å²) in [6.07, 6.45) is 5.21. The van der Waals surface area contributed by atoms with Crippen molar-refractivity contribution in [2.75, 3.05) is 6.54 Å². The molecule has 1 atom stereocenters. The maximum atomic E-state index is 13.8. The molecule has 21 heavy (non-hydrogen) atoms. The van der Waals surface area contributed by atoms with E-state index in [1.165, 1.54) is 12.1 Å². The van der Waals surface area contributed by atoms with Crippen LogP contribution in [0, 0.1) is 5.82 Å².